The molecule has 132 valence electrons. The number of hydrogen-bond donors (Lipinski definition) is 2. The first-order chi connectivity index (χ1) is 12.0. The van der Waals surface area contributed by atoms with E-state index in [0.29, 0.717) is 22.3 Å². The monoisotopic (exact) mass is 364 g/mol. The van der Waals surface area contributed by atoms with Gasteiger partial charge in [-0.15, -0.1) is 0 Å². The maximum Gasteiger partial charge on any atom is 0.288 e. The fourth-order valence-electron chi connectivity index (χ4n) is 2.34. The van der Waals surface area contributed by atoms with Crippen molar-refractivity contribution in [3.63, 3.8) is 0 Å². The number of carbonyl (C=O) groups excluding carboxylic acids is 2. The first-order valence-electron chi connectivity index (χ1n) is 7.61. The predicted octanol–water partition coefficient (Wildman–Crippen LogP) is 4.21. The number of para-hydroxylation sites is 1. The van der Waals surface area contributed by atoms with Gasteiger partial charge in [0.25, 0.3) is 5.76 Å². The Labute approximate surface area is 149 Å². The van der Waals surface area contributed by atoms with E-state index in [9.17, 15) is 18.4 Å². The highest BCUT2D eigenvalue weighted by atomic mass is 32.2. The normalized spacial score (nSPS) is 11.8. The second kappa shape index (κ2) is 9.17. The number of rotatable bonds is 7. The van der Waals surface area contributed by atoms with Crippen LogP contribution in [-0.4, -0.2) is 17.6 Å². The molecule has 0 saturated heterocycles. The van der Waals surface area contributed by atoms with E-state index in [1.807, 2.05) is 30.3 Å². The Morgan fingerprint density at radius 2 is 1.68 bits per heavy atom. The van der Waals surface area contributed by atoms with Crippen LogP contribution >= 0.6 is 11.8 Å². The average Bonchev–Trinajstić information content (AvgIpc) is 2.56. The van der Waals surface area contributed by atoms with Crippen molar-refractivity contribution in [2.24, 2.45) is 0 Å². The third-order valence-electron chi connectivity index (χ3n) is 3.35. The van der Waals surface area contributed by atoms with Gasteiger partial charge in [0, 0.05) is 11.8 Å². The molecule has 4 nitrogen and oxygen atoms in total. The molecule has 0 aliphatic carbocycles. The van der Waals surface area contributed by atoms with E-state index in [0.717, 1.165) is 5.56 Å². The highest BCUT2D eigenvalue weighted by Gasteiger charge is 2.18. The van der Waals surface area contributed by atoms with E-state index in [4.69, 9.17) is 0 Å². The molecule has 2 rings (SSSR count). The summed E-state index contributed by atoms with van der Waals surface area (Å²) in [5.41, 5.74) is 1.12. The van der Waals surface area contributed by atoms with E-state index < -0.39 is 11.8 Å². The number of alkyl halides is 2. The molecule has 2 aromatic carbocycles. The van der Waals surface area contributed by atoms with Gasteiger partial charge in [-0.2, -0.15) is 8.78 Å². The van der Waals surface area contributed by atoms with E-state index in [1.165, 1.54) is 13.0 Å². The van der Waals surface area contributed by atoms with Crippen molar-refractivity contribution in [3.8, 4) is 0 Å². The van der Waals surface area contributed by atoms with Gasteiger partial charge in [0.05, 0.1) is 18.2 Å². The molecule has 2 amide bonds. The molecule has 0 saturated carbocycles. The smallest absolute Gasteiger partial charge is 0.288 e. The van der Waals surface area contributed by atoms with Crippen LogP contribution in [0.5, 0.6) is 0 Å². The molecular formula is C18H18F2N2O2S. The van der Waals surface area contributed by atoms with Gasteiger partial charge in [-0.05, 0) is 17.7 Å². The minimum atomic E-state index is -2.57. The maximum atomic E-state index is 12.6. The Kier molecular flexibility index (Phi) is 6.94. The number of anilines is 1. The summed E-state index contributed by atoms with van der Waals surface area (Å²) >= 11 is 0.375. The molecule has 2 aromatic rings. The van der Waals surface area contributed by atoms with Gasteiger partial charge in [-0.25, -0.2) is 0 Å². The zero-order valence-corrected chi connectivity index (χ0v) is 14.4. The lowest BCUT2D eigenvalue weighted by Crippen LogP contribution is -2.29. The third kappa shape index (κ3) is 6.19. The SMILES string of the molecule is CC(=O)NC(CC(=O)Nc1ccccc1SC(F)F)c1ccccc1. The van der Waals surface area contributed by atoms with E-state index in [2.05, 4.69) is 10.6 Å². The highest BCUT2D eigenvalue weighted by Crippen LogP contribution is 2.32. The molecule has 25 heavy (non-hydrogen) atoms. The number of nitrogens with one attached hydrogen (secondary N) is 2. The first-order valence-corrected chi connectivity index (χ1v) is 8.49. The summed E-state index contributed by atoms with van der Waals surface area (Å²) in [5, 5.41) is 5.38. The third-order valence-corrected chi connectivity index (χ3v) is 4.13. The van der Waals surface area contributed by atoms with Crippen LogP contribution in [0.25, 0.3) is 0 Å². The standard InChI is InChI=1S/C18H18F2N2O2S/c1-12(23)21-15(13-7-3-2-4-8-13)11-17(24)22-14-9-5-6-10-16(14)25-18(19)20/h2-10,15,18H,11H2,1H3,(H,21,23)(H,22,24). The summed E-state index contributed by atoms with van der Waals surface area (Å²) in [6.07, 6.45) is -0.00271. The second-order valence-corrected chi connectivity index (χ2v) is 6.32. The van der Waals surface area contributed by atoms with Crippen molar-refractivity contribution in [1.82, 2.24) is 5.32 Å². The molecule has 0 radical (unpaired) electrons. The summed E-state index contributed by atoms with van der Waals surface area (Å²) < 4.78 is 25.2. The topological polar surface area (TPSA) is 58.2 Å². The molecule has 0 aliphatic rings. The maximum absolute atomic E-state index is 12.6. The molecule has 1 unspecified atom stereocenters. The Bertz CT molecular complexity index is 726. The van der Waals surface area contributed by atoms with Crippen LogP contribution in [0.15, 0.2) is 59.5 Å². The van der Waals surface area contributed by atoms with Gasteiger partial charge in [0.15, 0.2) is 0 Å². The minimum absolute atomic E-state index is 0.00271. The van der Waals surface area contributed by atoms with Crippen LogP contribution in [0, 0.1) is 0 Å². The lowest BCUT2D eigenvalue weighted by Gasteiger charge is -2.18. The average molecular weight is 364 g/mol. The second-order valence-electron chi connectivity index (χ2n) is 5.29. The first kappa shape index (κ1) is 18.9. The molecule has 2 N–H and O–H groups in total. The van der Waals surface area contributed by atoms with Crippen LogP contribution < -0.4 is 10.6 Å². The highest BCUT2D eigenvalue weighted by molar-refractivity contribution is 7.99. The van der Waals surface area contributed by atoms with Crippen molar-refractivity contribution < 1.29 is 18.4 Å². The van der Waals surface area contributed by atoms with Crippen LogP contribution in [0.3, 0.4) is 0 Å². The summed E-state index contributed by atoms with van der Waals surface area (Å²) in [7, 11) is 0. The van der Waals surface area contributed by atoms with Gasteiger partial charge in [-0.1, -0.05) is 54.2 Å². The number of hydrogen-bond acceptors (Lipinski definition) is 3. The number of halogens is 2. The summed E-state index contributed by atoms with van der Waals surface area (Å²) in [6.45, 7) is 1.38. The molecule has 0 fully saturated rings. The Balaban J connectivity index is 2.10. The molecule has 0 heterocycles. The lowest BCUT2D eigenvalue weighted by molar-refractivity contribution is -0.120. The molecule has 0 bridgehead atoms. The predicted molar refractivity (Wildman–Crippen MR) is 94.5 cm³/mol. The largest absolute Gasteiger partial charge is 0.349 e. The molecular weight excluding hydrogens is 346 g/mol. The van der Waals surface area contributed by atoms with E-state index in [1.54, 1.807) is 18.2 Å². The Hall–Kier alpha value is -2.41. The van der Waals surface area contributed by atoms with Gasteiger partial charge in [0.1, 0.15) is 0 Å². The number of thioether (sulfide) groups is 1. The quantitative estimate of drug-likeness (QED) is 0.724. The van der Waals surface area contributed by atoms with Gasteiger partial charge in [0.2, 0.25) is 11.8 Å². The molecule has 7 heteroatoms. The van der Waals surface area contributed by atoms with Crippen molar-refractivity contribution in [3.05, 3.63) is 60.2 Å². The number of benzene rings is 2. The summed E-state index contributed by atoms with van der Waals surface area (Å²) in [6, 6.07) is 15.0. The van der Waals surface area contributed by atoms with Crippen LogP contribution in [0.1, 0.15) is 24.9 Å². The van der Waals surface area contributed by atoms with Gasteiger partial charge >= 0.3 is 0 Å². The Morgan fingerprint density at radius 1 is 1.04 bits per heavy atom. The zero-order chi connectivity index (χ0) is 18.2. The number of amides is 2. The van der Waals surface area contributed by atoms with Crippen molar-refractivity contribution in [2.75, 3.05) is 5.32 Å². The van der Waals surface area contributed by atoms with Crippen LogP contribution in [-0.2, 0) is 9.59 Å². The van der Waals surface area contributed by atoms with Gasteiger partial charge in [-0.3, -0.25) is 9.59 Å². The van der Waals surface area contributed by atoms with E-state index >= 15 is 0 Å². The zero-order valence-electron chi connectivity index (χ0n) is 13.5. The summed E-state index contributed by atoms with van der Waals surface area (Å²) in [4.78, 5) is 24.1. The van der Waals surface area contributed by atoms with Gasteiger partial charge < -0.3 is 10.6 Å². The number of carbonyl (C=O) groups is 2. The molecule has 0 spiro atoms. The van der Waals surface area contributed by atoms with Crippen molar-refractivity contribution in [2.45, 2.75) is 30.0 Å². The van der Waals surface area contributed by atoms with Crippen molar-refractivity contribution in [1.29, 1.82) is 0 Å². The molecule has 0 aromatic heterocycles. The fourth-order valence-corrected chi connectivity index (χ4v) is 2.93. The lowest BCUT2D eigenvalue weighted by atomic mass is 10.0. The minimum Gasteiger partial charge on any atom is -0.349 e. The fraction of sp³-hybridized carbons (Fsp3) is 0.222. The van der Waals surface area contributed by atoms with E-state index in [-0.39, 0.29) is 18.2 Å². The van der Waals surface area contributed by atoms with Crippen LogP contribution in [0.2, 0.25) is 0 Å². The molecule has 1 atom stereocenters. The summed E-state index contributed by atoms with van der Waals surface area (Å²) in [5.74, 6) is -3.20. The Morgan fingerprint density at radius 3 is 2.32 bits per heavy atom. The molecule has 0 aliphatic heterocycles. The van der Waals surface area contributed by atoms with Crippen LogP contribution in [0.4, 0.5) is 14.5 Å². The van der Waals surface area contributed by atoms with Crippen molar-refractivity contribution >= 4 is 29.3 Å².